The molecule has 10 nitrogen and oxygen atoms in total. The van der Waals surface area contributed by atoms with E-state index in [1.807, 2.05) is 21.2 Å². The van der Waals surface area contributed by atoms with E-state index in [1.54, 1.807) is 20.2 Å². The SMILES string of the molecule is C=C/C(N)=C(C)\C=C/I1/C=C\C(=O)C=C(O)/C2=C(\O)CC(=O)/C(C(N)=O)=C(/O)[C@@H](N(C)C)[C@@H](O)C[C@@H]2CC1. The van der Waals surface area contributed by atoms with Gasteiger partial charge < -0.3 is 0 Å². The summed E-state index contributed by atoms with van der Waals surface area (Å²) in [6, 6.07) is -1.16. The van der Waals surface area contributed by atoms with E-state index in [4.69, 9.17) is 11.5 Å². The van der Waals surface area contributed by atoms with Crippen molar-refractivity contribution in [3.05, 3.63) is 78.7 Å². The molecular formula is C27H36IN3O7. The van der Waals surface area contributed by atoms with Crippen molar-refractivity contribution in [3.63, 3.8) is 0 Å². The normalized spacial score (nSPS) is 30.4. The molecule has 0 unspecified atom stereocenters. The van der Waals surface area contributed by atoms with E-state index in [0.717, 1.165) is 11.6 Å². The number of fused-ring (bicyclic) bond motifs is 1. The van der Waals surface area contributed by atoms with Crippen molar-refractivity contribution in [2.24, 2.45) is 17.4 Å². The summed E-state index contributed by atoms with van der Waals surface area (Å²) in [5.41, 5.74) is 11.8. The van der Waals surface area contributed by atoms with Gasteiger partial charge in [-0.2, -0.15) is 0 Å². The second-order valence-electron chi connectivity index (χ2n) is 9.27. The Morgan fingerprint density at radius 2 is 1.87 bits per heavy atom. The molecule has 0 fully saturated rings. The van der Waals surface area contributed by atoms with Crippen LogP contribution in [0.5, 0.6) is 0 Å². The van der Waals surface area contributed by atoms with Gasteiger partial charge in [-0.25, -0.2) is 0 Å². The molecule has 2 aliphatic rings. The monoisotopic (exact) mass is 641 g/mol. The van der Waals surface area contributed by atoms with Crippen LogP contribution >= 0.6 is 19.8 Å². The second kappa shape index (κ2) is 13.6. The number of carbonyl (C=O) groups excluding carboxylic acids is 3. The van der Waals surface area contributed by atoms with Crippen LogP contribution in [0, 0.1) is 5.92 Å². The fourth-order valence-electron chi connectivity index (χ4n) is 4.32. The number of rotatable bonds is 5. The van der Waals surface area contributed by atoms with E-state index in [-0.39, 0.29) is 12.0 Å². The molecule has 0 saturated heterocycles. The first kappa shape index (κ1) is 31.1. The number of nitrogens with two attached hydrogens (primary N) is 2. The van der Waals surface area contributed by atoms with E-state index in [0.29, 0.717) is 16.5 Å². The van der Waals surface area contributed by atoms with E-state index in [9.17, 15) is 34.8 Å². The number of ketones is 2. The summed E-state index contributed by atoms with van der Waals surface area (Å²) in [6.07, 6.45) is 4.01. The number of hydrogen-bond donors (Lipinski definition) is 6. The van der Waals surface area contributed by atoms with E-state index >= 15 is 0 Å². The molecule has 0 aromatic heterocycles. The Labute approximate surface area is 229 Å². The van der Waals surface area contributed by atoms with Gasteiger partial charge in [0.25, 0.3) is 0 Å². The summed E-state index contributed by atoms with van der Waals surface area (Å²) >= 11 is -2.06. The molecular weight excluding hydrogens is 605 g/mol. The average molecular weight is 642 g/mol. The molecule has 38 heavy (non-hydrogen) atoms. The average Bonchev–Trinajstić information content (AvgIpc) is 2.81. The summed E-state index contributed by atoms with van der Waals surface area (Å²) < 4.78 is 4.46. The van der Waals surface area contributed by atoms with Crippen molar-refractivity contribution in [2.75, 3.05) is 18.5 Å². The molecule has 0 bridgehead atoms. The molecule has 8 N–H and O–H groups in total. The van der Waals surface area contributed by atoms with E-state index in [2.05, 4.69) is 6.58 Å². The van der Waals surface area contributed by atoms with Gasteiger partial charge in [-0.05, 0) is 0 Å². The van der Waals surface area contributed by atoms with Crippen molar-refractivity contribution in [1.29, 1.82) is 0 Å². The van der Waals surface area contributed by atoms with Gasteiger partial charge in [-0.15, -0.1) is 0 Å². The standard InChI is InChI=1S/C27H36IN3O7/c1-5-18(29)15(2)6-9-28-10-7-16-12-22(36)25(31(3)4)26(37)24(27(30)38)21(35)14-20(34)23(16)19(33)13-17(32)8-11-28/h5-6,8-9,11,13,16,22,25,33-34,36-37H,1,7,10,12,14,29H2,2-4H3,(H2,30,38)/b9-6-,11-8-,18-15+,19-13?,23-20-,26-24-/t16-,22-,25-/m0/s1. The van der Waals surface area contributed by atoms with Crippen molar-refractivity contribution in [2.45, 2.75) is 38.3 Å². The Kier molecular flexibility index (Phi) is 11.1. The Hall–Kier alpha value is -3.16. The number of aliphatic hydroxyl groups excluding tert-OH is 4. The Bertz CT molecular complexity index is 1180. The predicted octanol–water partition coefficient (Wildman–Crippen LogP) is 2.73. The van der Waals surface area contributed by atoms with Crippen LogP contribution in [-0.4, -0.2) is 73.5 Å². The number of halogens is 1. The minimum absolute atomic E-state index is 0.0572. The van der Waals surface area contributed by atoms with E-state index in [1.165, 1.54) is 11.0 Å². The fourth-order valence-corrected chi connectivity index (χ4v) is 8.56. The van der Waals surface area contributed by atoms with Crippen LogP contribution in [-0.2, 0) is 14.4 Å². The van der Waals surface area contributed by atoms with Gasteiger partial charge in [-0.3, -0.25) is 0 Å². The summed E-state index contributed by atoms with van der Waals surface area (Å²) in [4.78, 5) is 39.0. The van der Waals surface area contributed by atoms with Gasteiger partial charge >= 0.3 is 230 Å². The summed E-state index contributed by atoms with van der Waals surface area (Å²) in [6.45, 7) is 5.50. The second-order valence-corrected chi connectivity index (χ2v) is 14.3. The van der Waals surface area contributed by atoms with Crippen LogP contribution in [0.25, 0.3) is 0 Å². The molecule has 1 heterocycles. The first-order valence-electron chi connectivity index (χ1n) is 11.8. The van der Waals surface area contributed by atoms with Gasteiger partial charge in [0.05, 0.1) is 0 Å². The molecule has 0 spiro atoms. The number of hydrogen-bond acceptors (Lipinski definition) is 9. The van der Waals surface area contributed by atoms with Gasteiger partial charge in [-0.1, -0.05) is 0 Å². The number of amides is 1. The van der Waals surface area contributed by atoms with E-state index < -0.39 is 84.6 Å². The molecule has 1 amide bonds. The maximum absolute atomic E-state index is 13.0. The third-order valence-corrected chi connectivity index (χ3v) is 10.8. The molecule has 2 rings (SSSR count). The van der Waals surface area contributed by atoms with Gasteiger partial charge in [0, 0.05) is 0 Å². The Morgan fingerprint density at radius 3 is 2.45 bits per heavy atom. The van der Waals surface area contributed by atoms with Crippen LogP contribution in [0.3, 0.4) is 0 Å². The van der Waals surface area contributed by atoms with Crippen LogP contribution in [0.4, 0.5) is 0 Å². The number of aliphatic hydroxyl groups is 4. The topological polar surface area (TPSA) is 187 Å². The molecule has 208 valence electrons. The number of likely N-dealkylation sites (N-methyl/N-ethyl adjacent to an activating group) is 1. The third-order valence-electron chi connectivity index (χ3n) is 6.33. The predicted molar refractivity (Wildman–Crippen MR) is 154 cm³/mol. The number of carbonyl (C=O) groups is 3. The first-order valence-corrected chi connectivity index (χ1v) is 15.9. The van der Waals surface area contributed by atoms with Crippen LogP contribution < -0.4 is 11.5 Å². The molecule has 1 aliphatic carbocycles. The van der Waals surface area contributed by atoms with Gasteiger partial charge in [0.1, 0.15) is 0 Å². The molecule has 1 aliphatic heterocycles. The summed E-state index contributed by atoms with van der Waals surface area (Å²) in [7, 11) is 3.11. The molecule has 11 heteroatoms. The molecule has 3 atom stereocenters. The fraction of sp³-hybridized carbons (Fsp3) is 0.370. The zero-order valence-electron chi connectivity index (χ0n) is 21.7. The molecule has 0 saturated carbocycles. The number of alkyl halides is 1. The third kappa shape index (κ3) is 7.68. The zero-order valence-corrected chi connectivity index (χ0v) is 23.9. The molecule has 0 radical (unpaired) electrons. The summed E-state index contributed by atoms with van der Waals surface area (Å²) in [5, 5.41) is 43.8. The maximum atomic E-state index is 13.0. The summed E-state index contributed by atoms with van der Waals surface area (Å²) in [5.74, 6) is -5.17. The van der Waals surface area contributed by atoms with Crippen molar-refractivity contribution in [3.8, 4) is 0 Å². The van der Waals surface area contributed by atoms with Crippen molar-refractivity contribution < 1.29 is 34.8 Å². The number of nitrogens with zero attached hydrogens (tertiary/aromatic N) is 1. The minimum atomic E-state index is -2.06. The van der Waals surface area contributed by atoms with Crippen LogP contribution in [0.1, 0.15) is 26.2 Å². The molecule has 0 aromatic carbocycles. The Morgan fingerprint density at radius 1 is 1.21 bits per heavy atom. The first-order chi connectivity index (χ1) is 17.8. The van der Waals surface area contributed by atoms with Crippen LogP contribution in [0.2, 0.25) is 0 Å². The van der Waals surface area contributed by atoms with Crippen LogP contribution in [0.15, 0.2) is 78.7 Å². The van der Waals surface area contributed by atoms with Gasteiger partial charge in [0.2, 0.25) is 0 Å². The molecule has 0 aromatic rings. The van der Waals surface area contributed by atoms with Crippen molar-refractivity contribution >= 4 is 37.3 Å². The Balaban J connectivity index is 2.66. The van der Waals surface area contributed by atoms with Gasteiger partial charge in [0.15, 0.2) is 0 Å². The van der Waals surface area contributed by atoms with Crippen molar-refractivity contribution in [1.82, 2.24) is 4.90 Å². The number of primary amides is 1. The number of allylic oxidation sites excluding steroid dienone is 7. The quantitative estimate of drug-likeness (QED) is 0.114. The zero-order chi connectivity index (χ0) is 28.7. The number of Topliss-reactive ketones (excluding diaryl/α,β-unsaturated/α-hetero) is 1.